The minimum absolute atomic E-state index is 0.143. The first-order chi connectivity index (χ1) is 11.3. The average Bonchev–Trinajstić information content (AvgIpc) is 2.90. The molecule has 3 rings (SSSR count). The molecule has 1 amide bonds. The molecule has 0 aliphatic carbocycles. The van der Waals surface area contributed by atoms with Crippen molar-refractivity contribution in [3.05, 3.63) is 77.5 Å². The monoisotopic (exact) mass is 307 g/mol. The number of unbranched alkanes of at least 4 members (excludes halogenated alkanes) is 1. The van der Waals surface area contributed by atoms with E-state index in [1.54, 1.807) is 0 Å². The van der Waals surface area contributed by atoms with E-state index in [1.165, 1.54) is 0 Å². The Balaban J connectivity index is 1.97. The van der Waals surface area contributed by atoms with E-state index in [0.29, 0.717) is 12.3 Å². The van der Waals surface area contributed by atoms with Crippen LogP contribution in [0.4, 0.5) is 4.79 Å². The first kappa shape index (κ1) is 15.3. The van der Waals surface area contributed by atoms with Crippen molar-refractivity contribution < 1.29 is 9.53 Å². The number of nitrogens with zero attached hydrogens (tertiary/aromatic N) is 1. The summed E-state index contributed by atoms with van der Waals surface area (Å²) in [4.78, 5) is 14.2. The number of benzene rings is 2. The zero-order chi connectivity index (χ0) is 16.1. The van der Waals surface area contributed by atoms with Gasteiger partial charge < -0.3 is 4.74 Å². The summed E-state index contributed by atoms with van der Waals surface area (Å²) in [6, 6.07) is 19.9. The Morgan fingerprint density at radius 3 is 2.35 bits per heavy atom. The van der Waals surface area contributed by atoms with Crippen LogP contribution in [-0.4, -0.2) is 17.5 Å². The van der Waals surface area contributed by atoms with Crippen molar-refractivity contribution in [2.75, 3.05) is 6.54 Å². The SMILES string of the molecule is CCCCN1C(=O)OC(=Cc2ccccc2)C1c1ccccc1. The van der Waals surface area contributed by atoms with Gasteiger partial charge in [0, 0.05) is 6.54 Å². The Morgan fingerprint density at radius 1 is 1.04 bits per heavy atom. The summed E-state index contributed by atoms with van der Waals surface area (Å²) in [5.41, 5.74) is 2.12. The molecule has 1 heterocycles. The summed E-state index contributed by atoms with van der Waals surface area (Å²) in [5.74, 6) is 0.698. The number of hydrogen-bond acceptors (Lipinski definition) is 2. The van der Waals surface area contributed by atoms with Gasteiger partial charge in [0.25, 0.3) is 0 Å². The summed E-state index contributed by atoms with van der Waals surface area (Å²) in [6.07, 6.45) is 3.72. The molecule has 3 nitrogen and oxygen atoms in total. The molecule has 1 saturated heterocycles. The van der Waals surface area contributed by atoms with E-state index < -0.39 is 0 Å². The predicted octanol–water partition coefficient (Wildman–Crippen LogP) is 5.02. The van der Waals surface area contributed by atoms with Gasteiger partial charge in [-0.1, -0.05) is 74.0 Å². The molecule has 0 radical (unpaired) electrons. The smallest absolute Gasteiger partial charge is 0.412 e. The Labute approximate surface area is 137 Å². The van der Waals surface area contributed by atoms with Crippen molar-refractivity contribution in [3.63, 3.8) is 0 Å². The number of ether oxygens (including phenoxy) is 1. The molecule has 23 heavy (non-hydrogen) atoms. The van der Waals surface area contributed by atoms with Crippen LogP contribution in [0.2, 0.25) is 0 Å². The molecule has 0 bridgehead atoms. The van der Waals surface area contributed by atoms with E-state index in [9.17, 15) is 4.79 Å². The molecule has 1 atom stereocenters. The highest BCUT2D eigenvalue weighted by Gasteiger charge is 2.38. The molecule has 3 heteroatoms. The van der Waals surface area contributed by atoms with E-state index in [-0.39, 0.29) is 12.1 Å². The van der Waals surface area contributed by atoms with Gasteiger partial charge in [-0.05, 0) is 23.6 Å². The van der Waals surface area contributed by atoms with Crippen molar-refractivity contribution in [2.45, 2.75) is 25.8 Å². The highest BCUT2D eigenvalue weighted by Crippen LogP contribution is 2.37. The third kappa shape index (κ3) is 3.45. The molecule has 0 saturated carbocycles. The number of amides is 1. The molecule has 0 aromatic heterocycles. The van der Waals surface area contributed by atoms with Gasteiger partial charge in [-0.25, -0.2) is 4.79 Å². The van der Waals surface area contributed by atoms with Crippen LogP contribution in [-0.2, 0) is 4.74 Å². The van der Waals surface area contributed by atoms with Gasteiger partial charge in [-0.3, -0.25) is 4.90 Å². The van der Waals surface area contributed by atoms with Crippen molar-refractivity contribution in [1.29, 1.82) is 0 Å². The largest absolute Gasteiger partial charge is 0.415 e. The van der Waals surface area contributed by atoms with Crippen LogP contribution in [0.15, 0.2) is 66.4 Å². The minimum atomic E-state index is -0.255. The van der Waals surface area contributed by atoms with E-state index in [0.717, 1.165) is 24.0 Å². The normalized spacial score (nSPS) is 19.2. The van der Waals surface area contributed by atoms with Crippen LogP contribution in [0.3, 0.4) is 0 Å². The molecule has 1 aliphatic heterocycles. The van der Waals surface area contributed by atoms with Crippen LogP contribution >= 0.6 is 0 Å². The van der Waals surface area contributed by atoms with Crippen molar-refractivity contribution in [2.24, 2.45) is 0 Å². The van der Waals surface area contributed by atoms with Crippen molar-refractivity contribution >= 4 is 12.2 Å². The fourth-order valence-corrected chi connectivity index (χ4v) is 2.82. The lowest BCUT2D eigenvalue weighted by molar-refractivity contribution is 0.164. The zero-order valence-corrected chi connectivity index (χ0v) is 13.3. The first-order valence-corrected chi connectivity index (χ1v) is 8.09. The molecule has 0 N–H and O–H groups in total. The topological polar surface area (TPSA) is 29.5 Å². The highest BCUT2D eigenvalue weighted by molar-refractivity contribution is 5.76. The summed E-state index contributed by atoms with van der Waals surface area (Å²) >= 11 is 0. The van der Waals surface area contributed by atoms with Gasteiger partial charge in [0.05, 0.1) is 0 Å². The maximum Gasteiger partial charge on any atom is 0.415 e. The van der Waals surface area contributed by atoms with E-state index >= 15 is 0 Å². The Hall–Kier alpha value is -2.55. The molecule has 118 valence electrons. The van der Waals surface area contributed by atoms with Crippen LogP contribution < -0.4 is 0 Å². The fourth-order valence-electron chi connectivity index (χ4n) is 2.82. The van der Waals surface area contributed by atoms with Crippen molar-refractivity contribution in [1.82, 2.24) is 4.90 Å². The standard InChI is InChI=1S/C20H21NO2/c1-2-3-14-21-19(17-12-8-5-9-13-17)18(23-20(21)22)15-16-10-6-4-7-11-16/h4-13,15,19H,2-3,14H2,1H3. The summed E-state index contributed by atoms with van der Waals surface area (Å²) in [5, 5.41) is 0. The van der Waals surface area contributed by atoms with Gasteiger partial charge in [-0.15, -0.1) is 0 Å². The maximum atomic E-state index is 12.3. The van der Waals surface area contributed by atoms with Crippen LogP contribution in [0.1, 0.15) is 36.9 Å². The third-order valence-corrected chi connectivity index (χ3v) is 4.00. The second-order valence-corrected chi connectivity index (χ2v) is 5.69. The molecule has 1 unspecified atom stereocenters. The molecule has 1 fully saturated rings. The second kappa shape index (κ2) is 7.14. The molecular weight excluding hydrogens is 286 g/mol. The number of hydrogen-bond donors (Lipinski definition) is 0. The number of rotatable bonds is 5. The highest BCUT2D eigenvalue weighted by atomic mass is 16.6. The summed E-state index contributed by atoms with van der Waals surface area (Å²) in [7, 11) is 0. The Kier molecular flexibility index (Phi) is 4.77. The van der Waals surface area contributed by atoms with Gasteiger partial charge in [-0.2, -0.15) is 0 Å². The third-order valence-electron chi connectivity index (χ3n) is 4.00. The Bertz CT molecular complexity index is 679. The number of carbonyl (C=O) groups excluding carboxylic acids is 1. The molecule has 0 spiro atoms. The van der Waals surface area contributed by atoms with E-state index in [2.05, 4.69) is 6.92 Å². The van der Waals surface area contributed by atoms with Gasteiger partial charge >= 0.3 is 6.09 Å². The summed E-state index contributed by atoms with van der Waals surface area (Å²) in [6.45, 7) is 2.83. The van der Waals surface area contributed by atoms with Crippen molar-refractivity contribution in [3.8, 4) is 0 Å². The van der Waals surface area contributed by atoms with Gasteiger partial charge in [0.1, 0.15) is 11.8 Å². The van der Waals surface area contributed by atoms with E-state index in [1.807, 2.05) is 71.6 Å². The maximum absolute atomic E-state index is 12.3. The molecule has 2 aromatic rings. The number of cyclic esters (lactones) is 1. The average molecular weight is 307 g/mol. The van der Waals surface area contributed by atoms with E-state index in [4.69, 9.17) is 4.74 Å². The molecule has 2 aromatic carbocycles. The van der Waals surface area contributed by atoms with Gasteiger partial charge in [0.15, 0.2) is 0 Å². The number of carbonyl (C=O) groups is 1. The zero-order valence-electron chi connectivity index (χ0n) is 13.3. The van der Waals surface area contributed by atoms with Gasteiger partial charge in [0.2, 0.25) is 0 Å². The lowest BCUT2D eigenvalue weighted by Gasteiger charge is -2.21. The molecular formula is C20H21NO2. The Morgan fingerprint density at radius 2 is 1.70 bits per heavy atom. The lowest BCUT2D eigenvalue weighted by Crippen LogP contribution is -2.28. The minimum Gasteiger partial charge on any atom is -0.412 e. The quantitative estimate of drug-likeness (QED) is 0.776. The summed E-state index contributed by atoms with van der Waals surface area (Å²) < 4.78 is 5.59. The van der Waals surface area contributed by atoms with Crippen LogP contribution in [0.5, 0.6) is 0 Å². The molecule has 1 aliphatic rings. The predicted molar refractivity (Wildman–Crippen MR) is 91.7 cm³/mol. The first-order valence-electron chi connectivity index (χ1n) is 8.09. The lowest BCUT2D eigenvalue weighted by atomic mass is 10.0. The second-order valence-electron chi connectivity index (χ2n) is 5.69. The fraction of sp³-hybridized carbons (Fsp3) is 0.250. The van der Waals surface area contributed by atoms with Crippen LogP contribution in [0, 0.1) is 0 Å². The van der Waals surface area contributed by atoms with Crippen LogP contribution in [0.25, 0.3) is 6.08 Å².